The fraction of sp³-hybridized carbons (Fsp3) is 0.0833. The number of thiazole rings is 1. The molecule has 0 atom stereocenters. The van der Waals surface area contributed by atoms with Crippen molar-refractivity contribution in [3.05, 3.63) is 47.0 Å². The number of aromatic amines is 1. The van der Waals surface area contributed by atoms with E-state index in [-0.39, 0.29) is 0 Å². The van der Waals surface area contributed by atoms with E-state index in [1.165, 1.54) is 0 Å². The van der Waals surface area contributed by atoms with Crippen LogP contribution in [0, 0.1) is 0 Å². The Labute approximate surface area is 96.7 Å². The van der Waals surface area contributed by atoms with Crippen molar-refractivity contribution in [1.29, 1.82) is 0 Å². The first-order chi connectivity index (χ1) is 7.93. The van der Waals surface area contributed by atoms with Crippen molar-refractivity contribution >= 4 is 22.2 Å². The summed E-state index contributed by atoms with van der Waals surface area (Å²) in [5, 5.41) is 4.05. The molecule has 0 aliphatic heterocycles. The molecule has 80 valence electrons. The SMILES string of the molecule is c1ccc2c(OCc3nccs3)c[nH]c2c1. The van der Waals surface area contributed by atoms with Crippen molar-refractivity contribution in [2.24, 2.45) is 0 Å². The minimum atomic E-state index is 0.527. The molecule has 0 saturated heterocycles. The van der Waals surface area contributed by atoms with Crippen LogP contribution in [-0.2, 0) is 6.61 Å². The molecule has 1 aromatic carbocycles. The highest BCUT2D eigenvalue weighted by atomic mass is 32.1. The van der Waals surface area contributed by atoms with E-state index in [9.17, 15) is 0 Å². The lowest BCUT2D eigenvalue weighted by Gasteiger charge is -2.01. The molecule has 0 fully saturated rings. The van der Waals surface area contributed by atoms with Crippen LogP contribution >= 0.6 is 11.3 Å². The van der Waals surface area contributed by atoms with E-state index >= 15 is 0 Å². The standard InChI is InChI=1S/C12H10N2OS/c1-2-4-10-9(3-1)11(7-14-10)15-8-12-13-5-6-16-12/h1-7,14H,8H2. The first kappa shape index (κ1) is 9.42. The minimum Gasteiger partial charge on any atom is -0.484 e. The van der Waals surface area contributed by atoms with E-state index in [4.69, 9.17) is 4.74 Å². The number of fused-ring (bicyclic) bond motifs is 1. The summed E-state index contributed by atoms with van der Waals surface area (Å²) >= 11 is 1.60. The summed E-state index contributed by atoms with van der Waals surface area (Å²) in [6.07, 6.45) is 3.68. The predicted octanol–water partition coefficient (Wildman–Crippen LogP) is 3.20. The third-order valence-electron chi connectivity index (χ3n) is 2.39. The first-order valence-corrected chi connectivity index (χ1v) is 5.89. The molecule has 0 radical (unpaired) electrons. The summed E-state index contributed by atoms with van der Waals surface area (Å²) in [5.41, 5.74) is 1.09. The van der Waals surface area contributed by atoms with Crippen LogP contribution in [0.4, 0.5) is 0 Å². The van der Waals surface area contributed by atoms with Crippen LogP contribution in [0.3, 0.4) is 0 Å². The molecule has 0 unspecified atom stereocenters. The zero-order chi connectivity index (χ0) is 10.8. The van der Waals surface area contributed by atoms with Gasteiger partial charge < -0.3 is 9.72 Å². The van der Waals surface area contributed by atoms with Gasteiger partial charge >= 0.3 is 0 Å². The molecular weight excluding hydrogens is 220 g/mol. The summed E-state index contributed by atoms with van der Waals surface area (Å²) in [4.78, 5) is 7.36. The van der Waals surface area contributed by atoms with Gasteiger partial charge in [-0.15, -0.1) is 11.3 Å². The highest BCUT2D eigenvalue weighted by Crippen LogP contribution is 2.25. The third kappa shape index (κ3) is 1.67. The Morgan fingerprint density at radius 3 is 3.12 bits per heavy atom. The van der Waals surface area contributed by atoms with Crippen molar-refractivity contribution in [3.63, 3.8) is 0 Å². The summed E-state index contributed by atoms with van der Waals surface area (Å²) in [6.45, 7) is 0.527. The minimum absolute atomic E-state index is 0.527. The van der Waals surface area contributed by atoms with E-state index < -0.39 is 0 Å². The van der Waals surface area contributed by atoms with Gasteiger partial charge in [0.05, 0.1) is 0 Å². The summed E-state index contributed by atoms with van der Waals surface area (Å²) in [5.74, 6) is 0.880. The molecule has 3 aromatic rings. The van der Waals surface area contributed by atoms with Gasteiger partial charge in [0.1, 0.15) is 17.4 Å². The highest BCUT2D eigenvalue weighted by molar-refractivity contribution is 7.09. The van der Waals surface area contributed by atoms with Crippen molar-refractivity contribution in [1.82, 2.24) is 9.97 Å². The molecule has 1 N–H and O–H groups in total. The van der Waals surface area contributed by atoms with Gasteiger partial charge in [0, 0.05) is 28.7 Å². The van der Waals surface area contributed by atoms with Crippen LogP contribution in [0.25, 0.3) is 10.9 Å². The molecule has 0 bridgehead atoms. The van der Waals surface area contributed by atoms with Crippen LogP contribution in [0.2, 0.25) is 0 Å². The molecule has 0 saturated carbocycles. The summed E-state index contributed by atoms with van der Waals surface area (Å²) < 4.78 is 5.72. The molecule has 4 heteroatoms. The lowest BCUT2D eigenvalue weighted by molar-refractivity contribution is 0.309. The second kappa shape index (κ2) is 3.98. The maximum atomic E-state index is 5.72. The van der Waals surface area contributed by atoms with Crippen LogP contribution in [0.5, 0.6) is 5.75 Å². The number of rotatable bonds is 3. The van der Waals surface area contributed by atoms with Crippen LogP contribution < -0.4 is 4.74 Å². The van der Waals surface area contributed by atoms with E-state index in [1.807, 2.05) is 35.8 Å². The number of nitrogens with one attached hydrogen (secondary N) is 1. The Kier molecular flexibility index (Phi) is 2.34. The smallest absolute Gasteiger partial charge is 0.145 e. The van der Waals surface area contributed by atoms with Crippen molar-refractivity contribution in [3.8, 4) is 5.75 Å². The maximum Gasteiger partial charge on any atom is 0.145 e. The number of nitrogens with zero attached hydrogens (tertiary/aromatic N) is 1. The normalized spacial score (nSPS) is 10.8. The maximum absolute atomic E-state index is 5.72. The first-order valence-electron chi connectivity index (χ1n) is 5.01. The molecule has 2 aromatic heterocycles. The largest absolute Gasteiger partial charge is 0.484 e. The Balaban J connectivity index is 1.84. The van der Waals surface area contributed by atoms with Gasteiger partial charge in [0.2, 0.25) is 0 Å². The number of para-hydroxylation sites is 1. The van der Waals surface area contributed by atoms with Crippen LogP contribution in [0.1, 0.15) is 5.01 Å². The average Bonchev–Trinajstić information content (AvgIpc) is 2.96. The molecule has 3 rings (SSSR count). The van der Waals surface area contributed by atoms with Gasteiger partial charge in [-0.05, 0) is 12.1 Å². The lowest BCUT2D eigenvalue weighted by Crippen LogP contribution is -1.93. The second-order valence-corrected chi connectivity index (χ2v) is 4.39. The molecule has 0 amide bonds. The average molecular weight is 230 g/mol. The number of benzene rings is 1. The Hall–Kier alpha value is -1.81. The van der Waals surface area contributed by atoms with Crippen molar-refractivity contribution in [2.45, 2.75) is 6.61 Å². The van der Waals surface area contributed by atoms with Gasteiger partial charge in [-0.25, -0.2) is 4.98 Å². The molecule has 0 aliphatic rings. The zero-order valence-corrected chi connectivity index (χ0v) is 9.33. The molecular formula is C12H10N2OS. The van der Waals surface area contributed by atoms with Gasteiger partial charge in [0.15, 0.2) is 0 Å². The molecule has 16 heavy (non-hydrogen) atoms. The summed E-state index contributed by atoms with van der Waals surface area (Å²) in [6, 6.07) is 8.09. The van der Waals surface area contributed by atoms with Crippen molar-refractivity contribution in [2.75, 3.05) is 0 Å². The van der Waals surface area contributed by atoms with Crippen molar-refractivity contribution < 1.29 is 4.74 Å². The zero-order valence-electron chi connectivity index (χ0n) is 8.51. The van der Waals surface area contributed by atoms with Gasteiger partial charge in [0.25, 0.3) is 0 Å². The fourth-order valence-electron chi connectivity index (χ4n) is 1.63. The number of H-pyrrole nitrogens is 1. The number of hydrogen-bond acceptors (Lipinski definition) is 3. The Bertz CT molecular complexity index is 586. The quantitative estimate of drug-likeness (QED) is 0.750. The third-order valence-corrected chi connectivity index (χ3v) is 3.14. The molecule has 0 aliphatic carbocycles. The molecule has 0 spiro atoms. The van der Waals surface area contributed by atoms with Crippen LogP contribution in [0.15, 0.2) is 42.0 Å². The number of aromatic nitrogens is 2. The Morgan fingerprint density at radius 1 is 1.31 bits per heavy atom. The van der Waals surface area contributed by atoms with E-state index in [1.54, 1.807) is 17.5 Å². The highest BCUT2D eigenvalue weighted by Gasteiger charge is 2.04. The van der Waals surface area contributed by atoms with Gasteiger partial charge in [-0.2, -0.15) is 0 Å². The van der Waals surface area contributed by atoms with E-state index in [0.29, 0.717) is 6.61 Å². The summed E-state index contributed by atoms with van der Waals surface area (Å²) in [7, 11) is 0. The fourth-order valence-corrected chi connectivity index (χ4v) is 2.16. The topological polar surface area (TPSA) is 37.9 Å². The van der Waals surface area contributed by atoms with Gasteiger partial charge in [-0.3, -0.25) is 0 Å². The lowest BCUT2D eigenvalue weighted by atomic mass is 10.2. The molecule has 3 nitrogen and oxygen atoms in total. The van der Waals surface area contributed by atoms with E-state index in [0.717, 1.165) is 21.7 Å². The molecule has 2 heterocycles. The monoisotopic (exact) mass is 230 g/mol. The predicted molar refractivity (Wildman–Crippen MR) is 64.7 cm³/mol. The Morgan fingerprint density at radius 2 is 2.25 bits per heavy atom. The second-order valence-electron chi connectivity index (χ2n) is 3.41. The van der Waals surface area contributed by atoms with E-state index in [2.05, 4.69) is 9.97 Å². The number of ether oxygens (including phenoxy) is 1. The number of hydrogen-bond donors (Lipinski definition) is 1. The van der Waals surface area contributed by atoms with Gasteiger partial charge in [-0.1, -0.05) is 12.1 Å². The van der Waals surface area contributed by atoms with Crippen LogP contribution in [-0.4, -0.2) is 9.97 Å².